The average Bonchev–Trinajstić information content (AvgIpc) is 2.99. The molecule has 112 valence electrons. The minimum absolute atomic E-state index is 0.0696. The maximum Gasteiger partial charge on any atom is 0.222 e. The van der Waals surface area contributed by atoms with Crippen LogP contribution in [0.25, 0.3) is 0 Å². The van der Waals surface area contributed by atoms with Crippen LogP contribution < -0.4 is 5.32 Å². The Kier molecular flexibility index (Phi) is 5.47. The number of hydrogen-bond donors (Lipinski definition) is 2. The summed E-state index contributed by atoms with van der Waals surface area (Å²) in [6, 6.07) is 7.70. The van der Waals surface area contributed by atoms with Gasteiger partial charge in [0.25, 0.3) is 0 Å². The highest BCUT2D eigenvalue weighted by Gasteiger charge is 2.14. The SMILES string of the molecule is CC(CNC(=O)CC(O)c1cccc(F)c1)c1ccsc1. The molecule has 2 N–H and O–H groups in total. The van der Waals surface area contributed by atoms with E-state index in [9.17, 15) is 14.3 Å². The zero-order chi connectivity index (χ0) is 15.2. The minimum atomic E-state index is -0.989. The van der Waals surface area contributed by atoms with E-state index in [-0.39, 0.29) is 18.2 Å². The highest BCUT2D eigenvalue weighted by molar-refractivity contribution is 7.07. The summed E-state index contributed by atoms with van der Waals surface area (Å²) in [6.45, 7) is 2.55. The Hall–Kier alpha value is -1.72. The molecular weight excluding hydrogens is 289 g/mol. The predicted octanol–water partition coefficient (Wildman–Crippen LogP) is 3.23. The molecule has 3 nitrogen and oxygen atoms in total. The number of aliphatic hydroxyl groups excluding tert-OH is 1. The maximum atomic E-state index is 13.1. The Balaban J connectivity index is 1.81. The Labute approximate surface area is 127 Å². The molecule has 21 heavy (non-hydrogen) atoms. The number of benzene rings is 1. The van der Waals surface area contributed by atoms with Crippen molar-refractivity contribution >= 4 is 17.2 Å². The molecule has 1 amide bonds. The first-order valence-electron chi connectivity index (χ1n) is 6.78. The van der Waals surface area contributed by atoms with Crippen molar-refractivity contribution in [2.75, 3.05) is 6.54 Å². The topological polar surface area (TPSA) is 49.3 Å². The standard InChI is InChI=1S/C16H18FNO2S/c1-11(13-5-6-21-10-13)9-18-16(20)8-15(19)12-3-2-4-14(17)7-12/h2-7,10-11,15,19H,8-9H2,1H3,(H,18,20). The monoisotopic (exact) mass is 307 g/mol. The number of amides is 1. The zero-order valence-electron chi connectivity index (χ0n) is 11.8. The number of aliphatic hydroxyl groups is 1. The van der Waals surface area contributed by atoms with Gasteiger partial charge in [0.05, 0.1) is 12.5 Å². The third-order valence-corrected chi connectivity index (χ3v) is 4.03. The van der Waals surface area contributed by atoms with Gasteiger partial charge in [0, 0.05) is 6.54 Å². The van der Waals surface area contributed by atoms with Crippen LogP contribution in [-0.2, 0) is 4.79 Å². The lowest BCUT2D eigenvalue weighted by Crippen LogP contribution is -2.28. The van der Waals surface area contributed by atoms with Crippen molar-refractivity contribution in [3.8, 4) is 0 Å². The van der Waals surface area contributed by atoms with Crippen LogP contribution in [0.15, 0.2) is 41.1 Å². The molecule has 1 heterocycles. The molecule has 0 aliphatic rings. The molecule has 1 aromatic carbocycles. The second-order valence-electron chi connectivity index (χ2n) is 5.04. The van der Waals surface area contributed by atoms with Gasteiger partial charge in [-0.3, -0.25) is 4.79 Å². The second kappa shape index (κ2) is 7.33. The van der Waals surface area contributed by atoms with E-state index >= 15 is 0 Å². The Morgan fingerprint density at radius 2 is 2.19 bits per heavy atom. The van der Waals surface area contributed by atoms with Crippen LogP contribution in [0.2, 0.25) is 0 Å². The van der Waals surface area contributed by atoms with E-state index in [1.54, 1.807) is 17.4 Å². The summed E-state index contributed by atoms with van der Waals surface area (Å²) < 4.78 is 13.1. The third-order valence-electron chi connectivity index (χ3n) is 3.33. The summed E-state index contributed by atoms with van der Waals surface area (Å²) in [5.74, 6) is -0.432. The average molecular weight is 307 g/mol. The van der Waals surface area contributed by atoms with Gasteiger partial charge in [0.15, 0.2) is 0 Å². The molecule has 0 bridgehead atoms. The van der Waals surface area contributed by atoms with Gasteiger partial charge in [-0.2, -0.15) is 11.3 Å². The lowest BCUT2D eigenvalue weighted by molar-refractivity contribution is -0.123. The summed E-state index contributed by atoms with van der Waals surface area (Å²) in [6.07, 6.45) is -1.06. The normalized spacial score (nSPS) is 13.7. The van der Waals surface area contributed by atoms with E-state index in [0.29, 0.717) is 12.1 Å². The van der Waals surface area contributed by atoms with Crippen LogP contribution in [0.5, 0.6) is 0 Å². The molecule has 2 aromatic rings. The van der Waals surface area contributed by atoms with Crippen LogP contribution >= 0.6 is 11.3 Å². The van der Waals surface area contributed by atoms with E-state index < -0.39 is 11.9 Å². The molecular formula is C16H18FNO2S. The van der Waals surface area contributed by atoms with Crippen LogP contribution in [0.3, 0.4) is 0 Å². The van der Waals surface area contributed by atoms with E-state index in [4.69, 9.17) is 0 Å². The first-order valence-corrected chi connectivity index (χ1v) is 7.73. The van der Waals surface area contributed by atoms with Gasteiger partial charge in [-0.1, -0.05) is 19.1 Å². The Morgan fingerprint density at radius 1 is 1.38 bits per heavy atom. The largest absolute Gasteiger partial charge is 0.388 e. The van der Waals surface area contributed by atoms with Crippen molar-refractivity contribution < 1.29 is 14.3 Å². The van der Waals surface area contributed by atoms with E-state index in [1.165, 1.54) is 23.8 Å². The summed E-state index contributed by atoms with van der Waals surface area (Å²) in [4.78, 5) is 11.8. The van der Waals surface area contributed by atoms with Gasteiger partial charge >= 0.3 is 0 Å². The van der Waals surface area contributed by atoms with Crippen LogP contribution in [0.4, 0.5) is 4.39 Å². The van der Waals surface area contributed by atoms with Crippen molar-refractivity contribution in [2.24, 2.45) is 0 Å². The lowest BCUT2D eigenvalue weighted by Gasteiger charge is -2.14. The highest BCUT2D eigenvalue weighted by Crippen LogP contribution is 2.19. The number of rotatable bonds is 6. The van der Waals surface area contributed by atoms with Gasteiger partial charge < -0.3 is 10.4 Å². The minimum Gasteiger partial charge on any atom is -0.388 e. The third kappa shape index (κ3) is 4.65. The second-order valence-corrected chi connectivity index (χ2v) is 5.82. The first kappa shape index (κ1) is 15.7. The van der Waals surface area contributed by atoms with Gasteiger partial charge in [-0.05, 0) is 46.0 Å². The molecule has 1 aromatic heterocycles. The van der Waals surface area contributed by atoms with E-state index in [2.05, 4.69) is 10.7 Å². The molecule has 0 saturated heterocycles. The van der Waals surface area contributed by atoms with E-state index in [1.807, 2.05) is 18.4 Å². The molecule has 0 spiro atoms. The molecule has 0 saturated carbocycles. The summed E-state index contributed by atoms with van der Waals surface area (Å²) >= 11 is 1.62. The number of carbonyl (C=O) groups is 1. The van der Waals surface area contributed by atoms with Crippen molar-refractivity contribution in [2.45, 2.75) is 25.4 Å². The van der Waals surface area contributed by atoms with Crippen LogP contribution in [-0.4, -0.2) is 17.6 Å². The zero-order valence-corrected chi connectivity index (χ0v) is 12.6. The quantitative estimate of drug-likeness (QED) is 0.861. The number of halogens is 1. The molecule has 2 rings (SSSR count). The fourth-order valence-electron chi connectivity index (χ4n) is 2.02. The van der Waals surface area contributed by atoms with E-state index in [0.717, 1.165) is 0 Å². The lowest BCUT2D eigenvalue weighted by atomic mass is 10.0. The fraction of sp³-hybridized carbons (Fsp3) is 0.312. The van der Waals surface area contributed by atoms with Crippen LogP contribution in [0, 0.1) is 5.82 Å². The van der Waals surface area contributed by atoms with Gasteiger partial charge in [-0.25, -0.2) is 4.39 Å². The summed E-state index contributed by atoms with van der Waals surface area (Å²) in [5.41, 5.74) is 1.60. The molecule has 2 unspecified atom stereocenters. The van der Waals surface area contributed by atoms with Crippen molar-refractivity contribution in [3.05, 3.63) is 58.0 Å². The smallest absolute Gasteiger partial charge is 0.222 e. The van der Waals surface area contributed by atoms with Crippen molar-refractivity contribution in [1.82, 2.24) is 5.32 Å². The van der Waals surface area contributed by atoms with Gasteiger partial charge in [0.1, 0.15) is 5.82 Å². The Morgan fingerprint density at radius 3 is 2.86 bits per heavy atom. The van der Waals surface area contributed by atoms with Crippen molar-refractivity contribution in [3.63, 3.8) is 0 Å². The summed E-state index contributed by atoms with van der Waals surface area (Å²) in [7, 11) is 0. The molecule has 0 aliphatic heterocycles. The molecule has 0 radical (unpaired) electrons. The number of carbonyl (C=O) groups excluding carboxylic acids is 1. The highest BCUT2D eigenvalue weighted by atomic mass is 32.1. The predicted molar refractivity (Wildman–Crippen MR) is 81.7 cm³/mol. The summed E-state index contributed by atoms with van der Waals surface area (Å²) in [5, 5.41) is 16.8. The fourth-order valence-corrected chi connectivity index (χ4v) is 2.80. The van der Waals surface area contributed by atoms with Crippen LogP contribution in [0.1, 0.15) is 36.5 Å². The number of hydrogen-bond acceptors (Lipinski definition) is 3. The van der Waals surface area contributed by atoms with Crippen molar-refractivity contribution in [1.29, 1.82) is 0 Å². The molecule has 5 heteroatoms. The maximum absolute atomic E-state index is 13.1. The van der Waals surface area contributed by atoms with Gasteiger partial charge in [0.2, 0.25) is 5.91 Å². The number of nitrogens with one attached hydrogen (secondary N) is 1. The number of thiophene rings is 1. The molecule has 0 aliphatic carbocycles. The Bertz CT molecular complexity index is 586. The first-order chi connectivity index (χ1) is 10.1. The molecule has 0 fully saturated rings. The van der Waals surface area contributed by atoms with Gasteiger partial charge in [-0.15, -0.1) is 0 Å². The molecule has 2 atom stereocenters.